The van der Waals surface area contributed by atoms with Crippen LogP contribution in [0.1, 0.15) is 21.6 Å². The molecule has 0 bridgehead atoms. The van der Waals surface area contributed by atoms with Crippen molar-refractivity contribution in [1.29, 1.82) is 0 Å². The third kappa shape index (κ3) is 2.76. The third-order valence-corrected chi connectivity index (χ3v) is 3.66. The van der Waals surface area contributed by atoms with Crippen molar-refractivity contribution in [3.05, 3.63) is 71.4 Å². The van der Waals surface area contributed by atoms with E-state index < -0.39 is 5.97 Å². The molecule has 0 radical (unpaired) electrons. The summed E-state index contributed by atoms with van der Waals surface area (Å²) in [5, 5.41) is 9.98. The second-order valence-electron chi connectivity index (χ2n) is 5.16. The number of H-pyrrole nitrogens is 1. The molecule has 0 fully saturated rings. The number of aromatic nitrogens is 1. The Balaban J connectivity index is 1.99. The zero-order valence-corrected chi connectivity index (χ0v) is 11.9. The molecule has 2 N–H and O–H groups in total. The van der Waals surface area contributed by atoms with E-state index in [1.807, 2.05) is 42.5 Å². The zero-order valence-electron chi connectivity index (χ0n) is 11.9. The van der Waals surface area contributed by atoms with Crippen molar-refractivity contribution in [2.45, 2.75) is 12.8 Å². The highest BCUT2D eigenvalue weighted by Crippen LogP contribution is 2.24. The van der Waals surface area contributed by atoms with Crippen molar-refractivity contribution in [2.24, 2.45) is 0 Å². The molecular weight excluding hydrogens is 278 g/mol. The number of carbonyl (C=O) groups is 2. The minimum absolute atomic E-state index is 0.0289. The van der Waals surface area contributed by atoms with Crippen molar-refractivity contribution < 1.29 is 14.7 Å². The average Bonchev–Trinajstić information content (AvgIpc) is 2.85. The molecular formula is C18H15NO3. The first-order valence-electron chi connectivity index (χ1n) is 7.03. The number of carboxylic acid groups (broad SMARTS) is 1. The van der Waals surface area contributed by atoms with Gasteiger partial charge in [0, 0.05) is 22.2 Å². The van der Waals surface area contributed by atoms with Crippen LogP contribution < -0.4 is 0 Å². The number of benzene rings is 2. The van der Waals surface area contributed by atoms with Gasteiger partial charge in [-0.25, -0.2) is 0 Å². The van der Waals surface area contributed by atoms with E-state index in [0.29, 0.717) is 16.8 Å². The number of carboxylic acids is 1. The molecule has 0 aliphatic carbocycles. The molecule has 0 saturated heterocycles. The fourth-order valence-corrected chi connectivity index (χ4v) is 2.65. The van der Waals surface area contributed by atoms with Crippen molar-refractivity contribution in [2.75, 3.05) is 0 Å². The van der Waals surface area contributed by atoms with E-state index in [-0.39, 0.29) is 18.6 Å². The first kappa shape index (κ1) is 14.1. The maximum Gasteiger partial charge on any atom is 0.307 e. The highest BCUT2D eigenvalue weighted by atomic mass is 16.4. The van der Waals surface area contributed by atoms with Crippen molar-refractivity contribution in [3.8, 4) is 0 Å². The van der Waals surface area contributed by atoms with E-state index in [4.69, 9.17) is 5.11 Å². The van der Waals surface area contributed by atoms with E-state index in [2.05, 4.69) is 4.98 Å². The Morgan fingerprint density at radius 1 is 0.909 bits per heavy atom. The highest BCUT2D eigenvalue weighted by molar-refractivity contribution is 5.99. The highest BCUT2D eigenvalue weighted by Gasteiger charge is 2.17. The van der Waals surface area contributed by atoms with E-state index in [1.54, 1.807) is 12.1 Å². The van der Waals surface area contributed by atoms with Crippen LogP contribution in [0.4, 0.5) is 0 Å². The van der Waals surface area contributed by atoms with Gasteiger partial charge in [-0.05, 0) is 11.6 Å². The molecule has 1 heterocycles. The summed E-state index contributed by atoms with van der Waals surface area (Å²) in [6.07, 6.45) is 0.0721. The van der Waals surface area contributed by atoms with E-state index >= 15 is 0 Å². The molecule has 4 nitrogen and oxygen atoms in total. The lowest BCUT2D eigenvalue weighted by atomic mass is 10.0. The Hall–Kier alpha value is -2.88. The summed E-state index contributed by atoms with van der Waals surface area (Å²) < 4.78 is 0. The average molecular weight is 293 g/mol. The lowest BCUT2D eigenvalue weighted by molar-refractivity contribution is -0.136. The third-order valence-electron chi connectivity index (χ3n) is 3.66. The largest absolute Gasteiger partial charge is 0.481 e. The molecule has 1 aromatic heterocycles. The fourth-order valence-electron chi connectivity index (χ4n) is 2.65. The van der Waals surface area contributed by atoms with Gasteiger partial charge in [0.25, 0.3) is 0 Å². The van der Waals surface area contributed by atoms with Crippen LogP contribution in [0.2, 0.25) is 0 Å². The molecule has 0 unspecified atom stereocenters. The van der Waals surface area contributed by atoms with Crippen LogP contribution in [0, 0.1) is 0 Å². The van der Waals surface area contributed by atoms with Crippen LogP contribution >= 0.6 is 0 Å². The van der Waals surface area contributed by atoms with Crippen LogP contribution in [-0.2, 0) is 17.6 Å². The Morgan fingerprint density at radius 3 is 2.32 bits per heavy atom. The van der Waals surface area contributed by atoms with Crippen LogP contribution in [0.15, 0.2) is 54.6 Å². The van der Waals surface area contributed by atoms with Gasteiger partial charge >= 0.3 is 5.97 Å². The number of rotatable bonds is 5. The number of aliphatic carboxylic acids is 1. The van der Waals surface area contributed by atoms with E-state index in [0.717, 1.165) is 10.9 Å². The number of nitrogens with one attached hydrogen (secondary N) is 1. The molecule has 0 amide bonds. The summed E-state index contributed by atoms with van der Waals surface area (Å²) in [6, 6.07) is 16.5. The topological polar surface area (TPSA) is 70.2 Å². The second kappa shape index (κ2) is 5.85. The first-order chi connectivity index (χ1) is 10.6. The van der Waals surface area contributed by atoms with Gasteiger partial charge in [0.1, 0.15) is 0 Å². The molecule has 0 saturated carbocycles. The summed E-state index contributed by atoms with van der Waals surface area (Å²) in [5.41, 5.74) is 2.85. The maximum atomic E-state index is 12.4. The summed E-state index contributed by atoms with van der Waals surface area (Å²) in [5.74, 6) is -0.933. The number of carbonyl (C=O) groups excluding carboxylic acids is 1. The van der Waals surface area contributed by atoms with Crippen LogP contribution in [0.5, 0.6) is 0 Å². The predicted molar refractivity (Wildman–Crippen MR) is 84.1 cm³/mol. The molecule has 0 aliphatic rings. The molecule has 110 valence electrons. The lowest BCUT2D eigenvalue weighted by Gasteiger charge is -2.03. The van der Waals surface area contributed by atoms with E-state index in [1.165, 1.54) is 0 Å². The molecule has 4 heteroatoms. The van der Waals surface area contributed by atoms with Gasteiger partial charge in [-0.2, -0.15) is 0 Å². The Labute approximate surface area is 127 Å². The van der Waals surface area contributed by atoms with Crippen LogP contribution in [0.3, 0.4) is 0 Å². The number of hydrogen-bond acceptors (Lipinski definition) is 2. The van der Waals surface area contributed by atoms with Crippen molar-refractivity contribution in [1.82, 2.24) is 4.98 Å². The zero-order chi connectivity index (χ0) is 15.5. The summed E-state index contributed by atoms with van der Waals surface area (Å²) in [6.45, 7) is 0. The summed E-state index contributed by atoms with van der Waals surface area (Å²) in [7, 11) is 0. The van der Waals surface area contributed by atoms with Crippen LogP contribution in [-0.4, -0.2) is 21.8 Å². The van der Waals surface area contributed by atoms with Crippen molar-refractivity contribution in [3.63, 3.8) is 0 Å². The molecule has 3 aromatic rings. The minimum atomic E-state index is -0.904. The molecule has 0 aliphatic heterocycles. The Morgan fingerprint density at radius 2 is 1.59 bits per heavy atom. The molecule has 2 aromatic carbocycles. The fraction of sp³-hybridized carbons (Fsp3) is 0.111. The Bertz CT molecular complexity index is 834. The summed E-state index contributed by atoms with van der Waals surface area (Å²) >= 11 is 0. The smallest absolute Gasteiger partial charge is 0.307 e. The number of aromatic amines is 1. The van der Waals surface area contributed by atoms with Gasteiger partial charge < -0.3 is 10.1 Å². The lowest BCUT2D eigenvalue weighted by Crippen LogP contribution is -2.08. The second-order valence-corrected chi connectivity index (χ2v) is 5.16. The van der Waals surface area contributed by atoms with Crippen LogP contribution in [0.25, 0.3) is 10.9 Å². The monoisotopic (exact) mass is 293 g/mol. The van der Waals surface area contributed by atoms with Gasteiger partial charge in [0.15, 0.2) is 5.78 Å². The quantitative estimate of drug-likeness (QED) is 0.710. The Kier molecular flexibility index (Phi) is 3.74. The van der Waals surface area contributed by atoms with Gasteiger partial charge in [-0.15, -0.1) is 0 Å². The van der Waals surface area contributed by atoms with Gasteiger partial charge in [0.2, 0.25) is 0 Å². The number of ketones is 1. The molecule has 22 heavy (non-hydrogen) atoms. The number of Topliss-reactive ketones (excluding diaryl/α,β-unsaturated/α-hetero) is 1. The molecule has 0 spiro atoms. The predicted octanol–water partition coefficient (Wildman–Crippen LogP) is 3.22. The van der Waals surface area contributed by atoms with Crippen molar-refractivity contribution >= 4 is 22.7 Å². The molecule has 0 atom stereocenters. The van der Waals surface area contributed by atoms with E-state index in [9.17, 15) is 9.59 Å². The normalized spacial score (nSPS) is 10.7. The van der Waals surface area contributed by atoms with Gasteiger partial charge in [0.05, 0.1) is 12.8 Å². The minimum Gasteiger partial charge on any atom is -0.481 e. The SMILES string of the molecule is O=C(O)Cc1c(CC(=O)c2ccccc2)[nH]c2ccccc12. The molecule has 3 rings (SSSR count). The van der Waals surface area contributed by atoms with Gasteiger partial charge in [-0.3, -0.25) is 9.59 Å². The first-order valence-corrected chi connectivity index (χ1v) is 7.03. The number of hydrogen-bond donors (Lipinski definition) is 2. The maximum absolute atomic E-state index is 12.4. The van der Waals surface area contributed by atoms with Gasteiger partial charge in [-0.1, -0.05) is 48.5 Å². The number of fused-ring (bicyclic) bond motifs is 1. The number of para-hydroxylation sites is 1. The standard InChI is InChI=1S/C18H15NO3/c20-17(12-6-2-1-3-7-12)11-16-14(10-18(21)22)13-8-4-5-9-15(13)19-16/h1-9,19H,10-11H2,(H,21,22). The summed E-state index contributed by atoms with van der Waals surface area (Å²) in [4.78, 5) is 26.7.